The molecule has 21 heavy (non-hydrogen) atoms. The number of rotatable bonds is 3. The Morgan fingerprint density at radius 1 is 1.29 bits per heavy atom. The van der Waals surface area contributed by atoms with Crippen LogP contribution in [0.3, 0.4) is 0 Å². The van der Waals surface area contributed by atoms with Crippen molar-refractivity contribution >= 4 is 17.5 Å². The molecule has 1 aromatic carbocycles. The molecule has 2 amide bonds. The Morgan fingerprint density at radius 2 is 1.95 bits per heavy atom. The van der Waals surface area contributed by atoms with Crippen LogP contribution in [0.2, 0.25) is 0 Å². The van der Waals surface area contributed by atoms with Crippen LogP contribution in [0, 0.1) is 0 Å². The predicted molar refractivity (Wildman–Crippen MR) is 80.3 cm³/mol. The van der Waals surface area contributed by atoms with E-state index in [9.17, 15) is 9.59 Å². The SMILES string of the molecule is C[C@H]1OCCN[C@@H]1C(=O)Nc1ccc(C(=O)N(C)C)cc1. The van der Waals surface area contributed by atoms with Crippen molar-refractivity contribution in [1.29, 1.82) is 0 Å². The lowest BCUT2D eigenvalue weighted by Crippen LogP contribution is -2.53. The van der Waals surface area contributed by atoms with Crippen LogP contribution in [0.15, 0.2) is 24.3 Å². The summed E-state index contributed by atoms with van der Waals surface area (Å²) in [5, 5.41) is 5.97. The molecular weight excluding hydrogens is 270 g/mol. The molecule has 1 heterocycles. The number of hydrogen-bond donors (Lipinski definition) is 2. The monoisotopic (exact) mass is 291 g/mol. The minimum absolute atomic E-state index is 0.0659. The van der Waals surface area contributed by atoms with Crippen molar-refractivity contribution in [2.75, 3.05) is 32.6 Å². The first-order valence-electron chi connectivity index (χ1n) is 6.96. The zero-order valence-electron chi connectivity index (χ0n) is 12.6. The fourth-order valence-electron chi connectivity index (χ4n) is 2.20. The van der Waals surface area contributed by atoms with E-state index in [1.807, 2.05) is 6.92 Å². The Morgan fingerprint density at radius 3 is 2.52 bits per heavy atom. The Balaban J connectivity index is 1.99. The first kappa shape index (κ1) is 15.5. The van der Waals surface area contributed by atoms with Gasteiger partial charge in [0.05, 0.1) is 12.7 Å². The number of anilines is 1. The quantitative estimate of drug-likeness (QED) is 0.860. The Hall–Kier alpha value is -1.92. The molecule has 1 fully saturated rings. The van der Waals surface area contributed by atoms with Gasteiger partial charge in [-0.1, -0.05) is 0 Å². The molecule has 0 aliphatic carbocycles. The number of carbonyl (C=O) groups is 2. The van der Waals surface area contributed by atoms with E-state index in [1.54, 1.807) is 38.4 Å². The molecule has 6 nitrogen and oxygen atoms in total. The molecule has 1 saturated heterocycles. The first-order chi connectivity index (χ1) is 9.99. The Kier molecular flexibility index (Phi) is 4.93. The van der Waals surface area contributed by atoms with Crippen molar-refractivity contribution in [3.63, 3.8) is 0 Å². The summed E-state index contributed by atoms with van der Waals surface area (Å²) < 4.78 is 5.45. The highest BCUT2D eigenvalue weighted by atomic mass is 16.5. The van der Waals surface area contributed by atoms with Crippen molar-refractivity contribution in [2.24, 2.45) is 0 Å². The van der Waals surface area contributed by atoms with E-state index in [-0.39, 0.29) is 24.0 Å². The van der Waals surface area contributed by atoms with Crippen molar-refractivity contribution in [1.82, 2.24) is 10.2 Å². The maximum absolute atomic E-state index is 12.2. The zero-order chi connectivity index (χ0) is 15.4. The summed E-state index contributed by atoms with van der Waals surface area (Å²) in [5.41, 5.74) is 1.25. The number of nitrogens with one attached hydrogen (secondary N) is 2. The highest BCUT2D eigenvalue weighted by molar-refractivity contribution is 5.97. The molecule has 1 aromatic rings. The van der Waals surface area contributed by atoms with Crippen LogP contribution in [0.25, 0.3) is 0 Å². The van der Waals surface area contributed by atoms with Gasteiger partial charge in [-0.2, -0.15) is 0 Å². The fraction of sp³-hybridized carbons (Fsp3) is 0.467. The van der Waals surface area contributed by atoms with Crippen molar-refractivity contribution in [3.8, 4) is 0 Å². The second-order valence-corrected chi connectivity index (χ2v) is 5.27. The summed E-state index contributed by atoms with van der Waals surface area (Å²) in [4.78, 5) is 25.5. The number of carbonyl (C=O) groups excluding carboxylic acids is 2. The van der Waals surface area contributed by atoms with Gasteiger partial charge in [0, 0.05) is 31.9 Å². The summed E-state index contributed by atoms with van der Waals surface area (Å²) in [5.74, 6) is -0.197. The molecule has 2 N–H and O–H groups in total. The van der Waals surface area contributed by atoms with Crippen molar-refractivity contribution < 1.29 is 14.3 Å². The van der Waals surface area contributed by atoms with Gasteiger partial charge in [-0.05, 0) is 31.2 Å². The molecule has 2 atom stereocenters. The lowest BCUT2D eigenvalue weighted by atomic mass is 10.1. The van der Waals surface area contributed by atoms with Gasteiger partial charge in [-0.3, -0.25) is 9.59 Å². The smallest absolute Gasteiger partial charge is 0.253 e. The molecule has 6 heteroatoms. The summed E-state index contributed by atoms with van der Waals surface area (Å²) in [7, 11) is 3.41. The normalized spacial score (nSPS) is 21.7. The highest BCUT2D eigenvalue weighted by Crippen LogP contribution is 2.13. The molecule has 0 unspecified atom stereocenters. The Bertz CT molecular complexity index is 513. The molecule has 0 saturated carbocycles. The molecule has 0 bridgehead atoms. The van der Waals surface area contributed by atoms with E-state index >= 15 is 0 Å². The molecule has 1 aliphatic rings. The van der Waals surface area contributed by atoms with E-state index in [0.717, 1.165) is 0 Å². The highest BCUT2D eigenvalue weighted by Gasteiger charge is 2.28. The predicted octanol–water partition coefficient (Wildman–Crippen LogP) is 0.704. The van der Waals surface area contributed by atoms with E-state index in [1.165, 1.54) is 4.90 Å². The largest absolute Gasteiger partial charge is 0.375 e. The number of morpholine rings is 1. The molecule has 114 valence electrons. The van der Waals surface area contributed by atoms with Crippen LogP contribution >= 0.6 is 0 Å². The van der Waals surface area contributed by atoms with Crippen LogP contribution in [0.1, 0.15) is 17.3 Å². The van der Waals surface area contributed by atoms with Gasteiger partial charge in [-0.25, -0.2) is 0 Å². The van der Waals surface area contributed by atoms with Gasteiger partial charge < -0.3 is 20.3 Å². The molecule has 0 spiro atoms. The lowest BCUT2D eigenvalue weighted by Gasteiger charge is -2.29. The second-order valence-electron chi connectivity index (χ2n) is 5.27. The lowest BCUT2D eigenvalue weighted by molar-refractivity contribution is -0.123. The van der Waals surface area contributed by atoms with Gasteiger partial charge in [0.1, 0.15) is 6.04 Å². The minimum atomic E-state index is -0.359. The standard InChI is InChI=1S/C15H21N3O3/c1-10-13(16-8-9-21-10)14(19)17-12-6-4-11(5-7-12)15(20)18(2)3/h4-7,10,13,16H,8-9H2,1-3H3,(H,17,19)/t10-,13+/m1/s1. The van der Waals surface area contributed by atoms with Crippen molar-refractivity contribution in [3.05, 3.63) is 29.8 Å². The van der Waals surface area contributed by atoms with Crippen LogP contribution in [-0.4, -0.2) is 56.1 Å². The third kappa shape index (κ3) is 3.80. The zero-order valence-corrected chi connectivity index (χ0v) is 12.6. The van der Waals surface area contributed by atoms with Gasteiger partial charge in [0.2, 0.25) is 5.91 Å². The van der Waals surface area contributed by atoms with Crippen LogP contribution in [0.4, 0.5) is 5.69 Å². The number of ether oxygens (including phenoxy) is 1. The first-order valence-corrected chi connectivity index (χ1v) is 6.96. The maximum Gasteiger partial charge on any atom is 0.253 e. The van der Waals surface area contributed by atoms with E-state index in [0.29, 0.717) is 24.4 Å². The third-order valence-electron chi connectivity index (χ3n) is 3.40. The van der Waals surface area contributed by atoms with Gasteiger partial charge in [0.25, 0.3) is 5.91 Å². The van der Waals surface area contributed by atoms with E-state index in [2.05, 4.69) is 10.6 Å². The molecule has 0 aromatic heterocycles. The number of nitrogens with zero attached hydrogens (tertiary/aromatic N) is 1. The van der Waals surface area contributed by atoms with E-state index in [4.69, 9.17) is 4.74 Å². The Labute approximate surface area is 124 Å². The summed E-state index contributed by atoms with van der Waals surface area (Å²) in [6.07, 6.45) is -0.159. The second kappa shape index (κ2) is 6.69. The maximum atomic E-state index is 12.2. The molecule has 0 radical (unpaired) electrons. The topological polar surface area (TPSA) is 70.7 Å². The van der Waals surface area contributed by atoms with Gasteiger partial charge >= 0.3 is 0 Å². The van der Waals surface area contributed by atoms with Crippen LogP contribution in [0.5, 0.6) is 0 Å². The summed E-state index contributed by atoms with van der Waals surface area (Å²) in [6.45, 7) is 3.15. The van der Waals surface area contributed by atoms with Crippen LogP contribution < -0.4 is 10.6 Å². The summed E-state index contributed by atoms with van der Waals surface area (Å²) in [6, 6.07) is 6.49. The summed E-state index contributed by atoms with van der Waals surface area (Å²) >= 11 is 0. The van der Waals surface area contributed by atoms with Gasteiger partial charge in [-0.15, -0.1) is 0 Å². The molecule has 2 rings (SSSR count). The van der Waals surface area contributed by atoms with Crippen LogP contribution in [-0.2, 0) is 9.53 Å². The number of benzene rings is 1. The third-order valence-corrected chi connectivity index (χ3v) is 3.40. The molecule has 1 aliphatic heterocycles. The number of amides is 2. The molecular formula is C15H21N3O3. The van der Waals surface area contributed by atoms with Crippen molar-refractivity contribution in [2.45, 2.75) is 19.1 Å². The minimum Gasteiger partial charge on any atom is -0.375 e. The average molecular weight is 291 g/mol. The number of hydrogen-bond acceptors (Lipinski definition) is 4. The fourth-order valence-corrected chi connectivity index (χ4v) is 2.20. The van der Waals surface area contributed by atoms with E-state index < -0.39 is 0 Å². The average Bonchev–Trinajstić information content (AvgIpc) is 2.47. The van der Waals surface area contributed by atoms with Gasteiger partial charge in [0.15, 0.2) is 0 Å².